The van der Waals surface area contributed by atoms with Gasteiger partial charge in [-0.15, -0.1) is 0 Å². The summed E-state index contributed by atoms with van der Waals surface area (Å²) in [5.74, 6) is 0.395. The Bertz CT molecular complexity index is 505. The van der Waals surface area contributed by atoms with Crippen LogP contribution in [0.2, 0.25) is 0 Å². The van der Waals surface area contributed by atoms with E-state index in [1.54, 1.807) is 12.1 Å². The summed E-state index contributed by atoms with van der Waals surface area (Å²) in [5, 5.41) is 1.11. The lowest BCUT2D eigenvalue weighted by molar-refractivity contribution is 0.298. The van der Waals surface area contributed by atoms with Gasteiger partial charge < -0.3 is 4.74 Å². The molecule has 0 saturated carbocycles. The highest BCUT2D eigenvalue weighted by Gasteiger charge is 2.21. The van der Waals surface area contributed by atoms with E-state index in [1.165, 1.54) is 0 Å². The van der Waals surface area contributed by atoms with Crippen LogP contribution < -0.4 is 4.72 Å². The molecule has 80 valence electrons. The van der Waals surface area contributed by atoms with Gasteiger partial charge in [-0.2, -0.15) is 0 Å². The van der Waals surface area contributed by atoms with Gasteiger partial charge >= 0.3 is 0 Å². The molecule has 1 aromatic rings. The van der Waals surface area contributed by atoms with Crippen LogP contribution in [0.1, 0.15) is 12.5 Å². The SMILES string of the molecule is CCOC1=CS(=O)(=O)Nc2ccccc21. The van der Waals surface area contributed by atoms with Gasteiger partial charge in [0.15, 0.2) is 0 Å². The largest absolute Gasteiger partial charge is 0.492 e. The van der Waals surface area contributed by atoms with Gasteiger partial charge in [-0.3, -0.25) is 4.72 Å². The van der Waals surface area contributed by atoms with Crippen LogP contribution in [0.5, 0.6) is 0 Å². The van der Waals surface area contributed by atoms with E-state index in [9.17, 15) is 8.42 Å². The molecule has 0 aliphatic carbocycles. The van der Waals surface area contributed by atoms with Gasteiger partial charge in [-0.05, 0) is 19.1 Å². The maximum atomic E-state index is 11.4. The third-order valence-electron chi connectivity index (χ3n) is 2.01. The highest BCUT2D eigenvalue weighted by Crippen LogP contribution is 2.30. The van der Waals surface area contributed by atoms with Crippen LogP contribution >= 0.6 is 0 Å². The molecule has 1 aromatic carbocycles. The second kappa shape index (κ2) is 3.58. The van der Waals surface area contributed by atoms with Crippen molar-refractivity contribution in [2.75, 3.05) is 11.3 Å². The molecule has 1 aliphatic rings. The molecule has 0 fully saturated rings. The van der Waals surface area contributed by atoms with Crippen molar-refractivity contribution in [1.29, 1.82) is 0 Å². The summed E-state index contributed by atoms with van der Waals surface area (Å²) in [5.41, 5.74) is 1.33. The van der Waals surface area contributed by atoms with E-state index in [0.717, 1.165) is 11.0 Å². The molecule has 5 heteroatoms. The number of ether oxygens (including phenoxy) is 1. The average Bonchev–Trinajstić information content (AvgIpc) is 2.16. The van der Waals surface area contributed by atoms with Gasteiger partial charge in [0.25, 0.3) is 10.0 Å². The number of anilines is 1. The molecule has 0 atom stereocenters. The van der Waals surface area contributed by atoms with Crippen LogP contribution in [-0.4, -0.2) is 15.0 Å². The molecule has 0 unspecified atom stereocenters. The van der Waals surface area contributed by atoms with Crippen LogP contribution in [0.15, 0.2) is 29.7 Å². The Labute approximate surface area is 88.6 Å². The molecular weight excluding hydrogens is 214 g/mol. The summed E-state index contributed by atoms with van der Waals surface area (Å²) < 4.78 is 30.6. The molecule has 1 heterocycles. The third kappa shape index (κ3) is 1.97. The number of hydrogen-bond acceptors (Lipinski definition) is 3. The Hall–Kier alpha value is -1.49. The molecule has 0 amide bonds. The molecular formula is C10H11NO3S. The number of hydrogen-bond donors (Lipinski definition) is 1. The normalized spacial score (nSPS) is 17.3. The zero-order valence-electron chi connectivity index (χ0n) is 8.23. The first kappa shape index (κ1) is 10.0. The molecule has 0 radical (unpaired) electrons. The summed E-state index contributed by atoms with van der Waals surface area (Å²) >= 11 is 0. The van der Waals surface area contributed by atoms with Gasteiger partial charge in [-0.25, -0.2) is 8.42 Å². The van der Waals surface area contributed by atoms with Crippen LogP contribution in [-0.2, 0) is 14.8 Å². The molecule has 0 aromatic heterocycles. The molecule has 2 rings (SSSR count). The van der Waals surface area contributed by atoms with Crippen molar-refractivity contribution < 1.29 is 13.2 Å². The molecule has 1 aliphatic heterocycles. The molecule has 4 nitrogen and oxygen atoms in total. The molecule has 0 saturated heterocycles. The first-order valence-corrected chi connectivity index (χ1v) is 6.14. The second-order valence-corrected chi connectivity index (χ2v) is 4.64. The van der Waals surface area contributed by atoms with Crippen LogP contribution in [0.3, 0.4) is 0 Å². The highest BCUT2D eigenvalue weighted by molar-refractivity contribution is 7.95. The van der Waals surface area contributed by atoms with E-state index in [4.69, 9.17) is 4.74 Å². The van der Waals surface area contributed by atoms with E-state index in [-0.39, 0.29) is 0 Å². The fourth-order valence-corrected chi connectivity index (χ4v) is 2.46. The Morgan fingerprint density at radius 3 is 2.80 bits per heavy atom. The van der Waals surface area contributed by atoms with Crippen molar-refractivity contribution in [3.63, 3.8) is 0 Å². The summed E-state index contributed by atoms with van der Waals surface area (Å²) in [6.45, 7) is 2.26. The number of rotatable bonds is 2. The van der Waals surface area contributed by atoms with E-state index < -0.39 is 10.0 Å². The molecule has 15 heavy (non-hydrogen) atoms. The summed E-state index contributed by atoms with van der Waals surface area (Å²) in [6, 6.07) is 7.14. The zero-order chi connectivity index (χ0) is 10.9. The van der Waals surface area contributed by atoms with Crippen LogP contribution in [0.25, 0.3) is 5.76 Å². The first-order chi connectivity index (χ1) is 7.12. The van der Waals surface area contributed by atoms with Crippen molar-refractivity contribution in [3.05, 3.63) is 35.2 Å². The standard InChI is InChI=1S/C10H11NO3S/c1-2-14-10-7-15(12,13)11-9-6-4-3-5-8(9)10/h3-7,11H,2H2,1H3. The maximum absolute atomic E-state index is 11.4. The zero-order valence-corrected chi connectivity index (χ0v) is 9.04. The lowest BCUT2D eigenvalue weighted by Crippen LogP contribution is -2.16. The Balaban J connectivity index is 2.55. The minimum Gasteiger partial charge on any atom is -0.492 e. The van der Waals surface area contributed by atoms with Crippen molar-refractivity contribution in [3.8, 4) is 0 Å². The van der Waals surface area contributed by atoms with Gasteiger partial charge in [0.2, 0.25) is 0 Å². The number of fused-ring (bicyclic) bond motifs is 1. The van der Waals surface area contributed by atoms with E-state index >= 15 is 0 Å². The van der Waals surface area contributed by atoms with E-state index in [1.807, 2.05) is 19.1 Å². The first-order valence-electron chi connectivity index (χ1n) is 4.59. The number of nitrogens with one attached hydrogen (secondary N) is 1. The summed E-state index contributed by atoms with van der Waals surface area (Å²) in [7, 11) is -3.40. The second-order valence-electron chi connectivity index (χ2n) is 3.11. The molecule has 1 N–H and O–H groups in total. The lowest BCUT2D eigenvalue weighted by Gasteiger charge is -2.18. The third-order valence-corrected chi connectivity index (χ3v) is 3.04. The predicted molar refractivity (Wildman–Crippen MR) is 58.6 cm³/mol. The van der Waals surface area contributed by atoms with Gasteiger partial charge in [-0.1, -0.05) is 12.1 Å². The lowest BCUT2D eigenvalue weighted by atomic mass is 10.1. The van der Waals surface area contributed by atoms with Crippen LogP contribution in [0, 0.1) is 0 Å². The maximum Gasteiger partial charge on any atom is 0.258 e. The fourth-order valence-electron chi connectivity index (χ4n) is 1.44. The van der Waals surface area contributed by atoms with Gasteiger partial charge in [0.1, 0.15) is 5.76 Å². The molecule has 0 spiro atoms. The van der Waals surface area contributed by atoms with E-state index in [2.05, 4.69) is 4.72 Å². The van der Waals surface area contributed by atoms with Crippen molar-refractivity contribution in [1.82, 2.24) is 0 Å². The smallest absolute Gasteiger partial charge is 0.258 e. The quantitative estimate of drug-likeness (QED) is 0.834. The summed E-state index contributed by atoms with van der Waals surface area (Å²) in [6.07, 6.45) is 0. The minimum absolute atomic E-state index is 0.395. The van der Waals surface area contributed by atoms with Crippen molar-refractivity contribution >= 4 is 21.5 Å². The Morgan fingerprint density at radius 2 is 2.07 bits per heavy atom. The van der Waals surface area contributed by atoms with Crippen LogP contribution in [0.4, 0.5) is 5.69 Å². The minimum atomic E-state index is -3.40. The fraction of sp³-hybridized carbons (Fsp3) is 0.200. The molecule has 0 bridgehead atoms. The monoisotopic (exact) mass is 225 g/mol. The topological polar surface area (TPSA) is 55.4 Å². The van der Waals surface area contributed by atoms with Gasteiger partial charge in [0.05, 0.1) is 17.7 Å². The summed E-state index contributed by atoms with van der Waals surface area (Å²) in [4.78, 5) is 0. The number of sulfonamides is 1. The number of benzene rings is 1. The Morgan fingerprint density at radius 1 is 1.33 bits per heavy atom. The van der Waals surface area contributed by atoms with E-state index in [0.29, 0.717) is 18.1 Å². The van der Waals surface area contributed by atoms with Gasteiger partial charge in [0, 0.05) is 5.56 Å². The predicted octanol–water partition coefficient (Wildman–Crippen LogP) is 1.78. The van der Waals surface area contributed by atoms with Crippen molar-refractivity contribution in [2.45, 2.75) is 6.92 Å². The average molecular weight is 225 g/mol. The Kier molecular flexibility index (Phi) is 2.40. The van der Waals surface area contributed by atoms with Crippen molar-refractivity contribution in [2.24, 2.45) is 0 Å². The number of para-hydroxylation sites is 1. The highest BCUT2D eigenvalue weighted by atomic mass is 32.2.